The van der Waals surface area contributed by atoms with Gasteiger partial charge in [-0.05, 0) is 42.3 Å². The molecule has 4 aromatic rings. The highest BCUT2D eigenvalue weighted by atomic mass is 16.2. The lowest BCUT2D eigenvalue weighted by molar-refractivity contribution is -0.119. The van der Waals surface area contributed by atoms with Crippen LogP contribution in [0.2, 0.25) is 0 Å². The number of aromatic nitrogens is 2. The lowest BCUT2D eigenvalue weighted by Crippen LogP contribution is -2.31. The molecule has 1 aromatic heterocycles. The van der Waals surface area contributed by atoms with Crippen molar-refractivity contribution in [2.24, 2.45) is 0 Å². The first-order chi connectivity index (χ1) is 16.6. The smallest absolute Gasteiger partial charge is 0.246 e. The van der Waals surface area contributed by atoms with Crippen molar-refractivity contribution in [1.29, 1.82) is 0 Å². The normalized spacial score (nSPS) is 15.8. The first kappa shape index (κ1) is 21.9. The number of anilines is 2. The topological polar surface area (TPSA) is 58.4 Å². The van der Waals surface area contributed by atoms with Gasteiger partial charge in [-0.1, -0.05) is 55.5 Å². The van der Waals surface area contributed by atoms with Gasteiger partial charge in [0.1, 0.15) is 12.4 Å². The number of aryl methyl sites for hydroxylation is 1. The van der Waals surface area contributed by atoms with Crippen LogP contribution in [0, 0.1) is 0 Å². The molecule has 1 saturated heterocycles. The molecule has 2 amide bonds. The van der Waals surface area contributed by atoms with Crippen molar-refractivity contribution >= 4 is 34.2 Å². The summed E-state index contributed by atoms with van der Waals surface area (Å²) in [7, 11) is 1.79. The van der Waals surface area contributed by atoms with Gasteiger partial charge in [0.15, 0.2) is 0 Å². The predicted octanol–water partition coefficient (Wildman–Crippen LogP) is 4.78. The van der Waals surface area contributed by atoms with Gasteiger partial charge in [0, 0.05) is 37.3 Å². The Hall–Kier alpha value is -3.93. The largest absolute Gasteiger partial charge is 0.318 e. The van der Waals surface area contributed by atoms with Crippen LogP contribution in [0.25, 0.3) is 11.0 Å². The number of para-hydroxylation sites is 4. The number of carbonyl (C=O) groups excluding carboxylic acids is 2. The second-order valence-electron chi connectivity index (χ2n) is 8.72. The molecule has 3 aromatic carbocycles. The Morgan fingerprint density at radius 1 is 1.00 bits per heavy atom. The van der Waals surface area contributed by atoms with Crippen molar-refractivity contribution in [3.63, 3.8) is 0 Å². The fourth-order valence-corrected chi connectivity index (χ4v) is 4.80. The monoisotopic (exact) mass is 452 g/mol. The molecule has 6 heteroatoms. The molecule has 172 valence electrons. The van der Waals surface area contributed by atoms with Crippen LogP contribution >= 0.6 is 0 Å². The second kappa shape index (κ2) is 9.14. The number of carbonyl (C=O) groups is 2. The first-order valence-electron chi connectivity index (χ1n) is 11.7. The van der Waals surface area contributed by atoms with Crippen molar-refractivity contribution in [3.8, 4) is 0 Å². The van der Waals surface area contributed by atoms with Gasteiger partial charge >= 0.3 is 0 Å². The number of hydrogen-bond acceptors (Lipinski definition) is 3. The summed E-state index contributed by atoms with van der Waals surface area (Å²) in [6.45, 7) is 2.82. The number of benzene rings is 3. The van der Waals surface area contributed by atoms with Crippen LogP contribution in [-0.4, -0.2) is 35.0 Å². The fraction of sp³-hybridized carbons (Fsp3) is 0.250. The summed E-state index contributed by atoms with van der Waals surface area (Å²) >= 11 is 0. The van der Waals surface area contributed by atoms with E-state index in [1.165, 1.54) is 0 Å². The molecule has 2 heterocycles. The molecule has 0 spiro atoms. The summed E-state index contributed by atoms with van der Waals surface area (Å²) < 4.78 is 1.99. The molecule has 1 aliphatic heterocycles. The van der Waals surface area contributed by atoms with E-state index in [1.807, 2.05) is 82.3 Å². The Labute approximate surface area is 199 Å². The SMILES string of the molecule is CCc1ccccc1N1CC(c2nc3ccccc3n2CC(=O)N(C)c2ccccc2)CC1=O. The number of fused-ring (bicyclic) bond motifs is 1. The molecule has 1 unspecified atom stereocenters. The van der Waals surface area contributed by atoms with Gasteiger partial charge in [-0.15, -0.1) is 0 Å². The first-order valence-corrected chi connectivity index (χ1v) is 11.7. The number of hydrogen-bond donors (Lipinski definition) is 0. The fourth-order valence-electron chi connectivity index (χ4n) is 4.80. The number of likely N-dealkylation sites (N-methyl/N-ethyl adjacent to an activating group) is 1. The van der Waals surface area contributed by atoms with E-state index in [0.29, 0.717) is 13.0 Å². The molecule has 5 rings (SSSR count). The van der Waals surface area contributed by atoms with Crippen molar-refractivity contribution in [2.45, 2.75) is 32.2 Å². The molecule has 1 fully saturated rings. The average molecular weight is 453 g/mol. The summed E-state index contributed by atoms with van der Waals surface area (Å²) in [5, 5.41) is 0. The third kappa shape index (κ3) is 3.96. The van der Waals surface area contributed by atoms with E-state index >= 15 is 0 Å². The van der Waals surface area contributed by atoms with Crippen LogP contribution < -0.4 is 9.80 Å². The number of amides is 2. The maximum absolute atomic E-state index is 13.3. The van der Waals surface area contributed by atoms with Crippen LogP contribution in [0.3, 0.4) is 0 Å². The summed E-state index contributed by atoms with van der Waals surface area (Å²) in [5.74, 6) is 0.769. The van der Waals surface area contributed by atoms with E-state index in [1.54, 1.807) is 11.9 Å². The van der Waals surface area contributed by atoms with Crippen molar-refractivity contribution in [2.75, 3.05) is 23.4 Å². The summed E-state index contributed by atoms with van der Waals surface area (Å²) in [5.41, 5.74) is 4.72. The van der Waals surface area contributed by atoms with Crippen LogP contribution in [0.4, 0.5) is 11.4 Å². The zero-order valence-electron chi connectivity index (χ0n) is 19.5. The van der Waals surface area contributed by atoms with E-state index < -0.39 is 0 Å². The third-order valence-corrected chi connectivity index (χ3v) is 6.65. The van der Waals surface area contributed by atoms with E-state index in [9.17, 15) is 9.59 Å². The van der Waals surface area contributed by atoms with Gasteiger partial charge in [-0.25, -0.2) is 4.98 Å². The Morgan fingerprint density at radius 2 is 1.71 bits per heavy atom. The van der Waals surface area contributed by atoms with E-state index in [0.717, 1.165) is 40.2 Å². The van der Waals surface area contributed by atoms with Crippen LogP contribution in [0.1, 0.15) is 30.7 Å². The summed E-state index contributed by atoms with van der Waals surface area (Å²) in [6, 6.07) is 25.5. The van der Waals surface area contributed by atoms with E-state index in [-0.39, 0.29) is 24.3 Å². The Bertz CT molecular complexity index is 1350. The number of rotatable bonds is 6. The molecule has 1 atom stereocenters. The molecule has 34 heavy (non-hydrogen) atoms. The molecule has 0 bridgehead atoms. The van der Waals surface area contributed by atoms with Crippen molar-refractivity contribution in [3.05, 3.63) is 90.3 Å². The molecule has 0 saturated carbocycles. The second-order valence-corrected chi connectivity index (χ2v) is 8.72. The van der Waals surface area contributed by atoms with Gasteiger partial charge in [-0.2, -0.15) is 0 Å². The Kier molecular flexibility index (Phi) is 5.88. The molecule has 0 N–H and O–H groups in total. The lowest BCUT2D eigenvalue weighted by Gasteiger charge is -2.21. The molecular formula is C28H28N4O2. The maximum Gasteiger partial charge on any atom is 0.246 e. The quantitative estimate of drug-likeness (QED) is 0.423. The summed E-state index contributed by atoms with van der Waals surface area (Å²) in [4.78, 5) is 34.8. The standard InChI is InChI=1S/C28H28N4O2/c1-3-20-11-7-9-15-24(20)31-18-21(17-26(31)33)28-29-23-14-8-10-16-25(23)32(28)19-27(34)30(2)22-12-5-4-6-13-22/h4-16,21H,3,17-19H2,1-2H3. The van der Waals surface area contributed by atoms with Gasteiger partial charge in [-0.3, -0.25) is 9.59 Å². The molecule has 1 aliphatic rings. The Balaban J connectivity index is 1.48. The highest BCUT2D eigenvalue weighted by Crippen LogP contribution is 2.34. The van der Waals surface area contributed by atoms with Gasteiger partial charge < -0.3 is 14.4 Å². The van der Waals surface area contributed by atoms with Crippen molar-refractivity contribution in [1.82, 2.24) is 9.55 Å². The predicted molar refractivity (Wildman–Crippen MR) is 135 cm³/mol. The third-order valence-electron chi connectivity index (χ3n) is 6.65. The van der Waals surface area contributed by atoms with Gasteiger partial charge in [0.2, 0.25) is 11.8 Å². The minimum Gasteiger partial charge on any atom is -0.318 e. The zero-order valence-corrected chi connectivity index (χ0v) is 19.5. The zero-order chi connectivity index (χ0) is 23.7. The minimum absolute atomic E-state index is 0.0342. The van der Waals surface area contributed by atoms with E-state index in [4.69, 9.17) is 4.98 Å². The highest BCUT2D eigenvalue weighted by Gasteiger charge is 2.35. The maximum atomic E-state index is 13.3. The molecule has 0 radical (unpaired) electrons. The molecule has 6 nitrogen and oxygen atoms in total. The van der Waals surface area contributed by atoms with Gasteiger partial charge in [0.05, 0.1) is 11.0 Å². The molecule has 0 aliphatic carbocycles. The Morgan fingerprint density at radius 3 is 2.50 bits per heavy atom. The van der Waals surface area contributed by atoms with Crippen molar-refractivity contribution < 1.29 is 9.59 Å². The number of imidazole rings is 1. The van der Waals surface area contributed by atoms with Crippen LogP contribution in [-0.2, 0) is 22.6 Å². The van der Waals surface area contributed by atoms with Crippen LogP contribution in [0.15, 0.2) is 78.9 Å². The van der Waals surface area contributed by atoms with Gasteiger partial charge in [0.25, 0.3) is 0 Å². The van der Waals surface area contributed by atoms with Crippen LogP contribution in [0.5, 0.6) is 0 Å². The number of nitrogens with zero attached hydrogens (tertiary/aromatic N) is 4. The summed E-state index contributed by atoms with van der Waals surface area (Å²) in [6.07, 6.45) is 1.24. The van der Waals surface area contributed by atoms with E-state index in [2.05, 4.69) is 13.0 Å². The minimum atomic E-state index is -0.0837. The molecular weight excluding hydrogens is 424 g/mol. The lowest BCUT2D eigenvalue weighted by atomic mass is 10.1. The highest BCUT2D eigenvalue weighted by molar-refractivity contribution is 5.97. The average Bonchev–Trinajstić information content (AvgIpc) is 3.44.